The van der Waals surface area contributed by atoms with E-state index in [4.69, 9.17) is 15.2 Å². The van der Waals surface area contributed by atoms with Crippen LogP contribution in [0.2, 0.25) is 0 Å². The maximum atomic E-state index is 6.21. The lowest BCUT2D eigenvalue weighted by Gasteiger charge is -2.27. The minimum atomic E-state index is 0.158. The monoisotopic (exact) mass is 236 g/mol. The zero-order valence-electron chi connectivity index (χ0n) is 10.3. The molecule has 17 heavy (non-hydrogen) atoms. The van der Waals surface area contributed by atoms with Crippen molar-refractivity contribution in [2.24, 2.45) is 11.7 Å². The molecule has 94 valence electrons. The van der Waals surface area contributed by atoms with Crippen LogP contribution in [0.3, 0.4) is 0 Å². The van der Waals surface area contributed by atoms with Crippen LogP contribution in [-0.2, 0) is 11.2 Å². The maximum Gasteiger partial charge on any atom is 0.212 e. The van der Waals surface area contributed by atoms with E-state index in [1.807, 2.05) is 18.3 Å². The molecular formula is C13H20N2O2. The summed E-state index contributed by atoms with van der Waals surface area (Å²) in [7, 11) is 1.62. The molecule has 1 fully saturated rings. The van der Waals surface area contributed by atoms with Crippen LogP contribution >= 0.6 is 0 Å². The first-order chi connectivity index (χ1) is 8.29. The Morgan fingerprint density at radius 2 is 2.47 bits per heavy atom. The van der Waals surface area contributed by atoms with Gasteiger partial charge in [0, 0.05) is 24.9 Å². The van der Waals surface area contributed by atoms with Crippen molar-refractivity contribution in [1.82, 2.24) is 4.98 Å². The highest BCUT2D eigenvalue weighted by atomic mass is 16.5. The van der Waals surface area contributed by atoms with E-state index in [1.54, 1.807) is 7.11 Å². The lowest BCUT2D eigenvalue weighted by Crippen LogP contribution is -2.37. The Balaban J connectivity index is 1.89. The molecule has 0 amide bonds. The number of rotatable bonds is 4. The van der Waals surface area contributed by atoms with Gasteiger partial charge in [0.25, 0.3) is 0 Å². The van der Waals surface area contributed by atoms with Crippen molar-refractivity contribution < 1.29 is 9.47 Å². The predicted molar refractivity (Wildman–Crippen MR) is 66.0 cm³/mol. The number of methoxy groups -OCH3 is 1. The largest absolute Gasteiger partial charge is 0.481 e. The van der Waals surface area contributed by atoms with E-state index in [-0.39, 0.29) is 6.04 Å². The van der Waals surface area contributed by atoms with Crippen LogP contribution in [0.15, 0.2) is 18.3 Å². The SMILES string of the molecule is COc1ccc(CC(N)C2CCCOC2)cn1. The number of nitrogens with two attached hydrogens (primary N) is 1. The summed E-state index contributed by atoms with van der Waals surface area (Å²) in [6.07, 6.45) is 4.98. The van der Waals surface area contributed by atoms with Crippen LogP contribution < -0.4 is 10.5 Å². The normalized spacial score (nSPS) is 22.1. The molecule has 0 aromatic carbocycles. The van der Waals surface area contributed by atoms with Crippen molar-refractivity contribution in [3.63, 3.8) is 0 Å². The fourth-order valence-corrected chi connectivity index (χ4v) is 2.19. The summed E-state index contributed by atoms with van der Waals surface area (Å²) in [6.45, 7) is 1.68. The first-order valence-electron chi connectivity index (χ1n) is 6.12. The molecule has 0 spiro atoms. The third-order valence-electron chi connectivity index (χ3n) is 3.28. The summed E-state index contributed by atoms with van der Waals surface area (Å²) in [6, 6.07) is 4.06. The molecule has 2 N–H and O–H groups in total. The van der Waals surface area contributed by atoms with Gasteiger partial charge in [-0.05, 0) is 30.7 Å². The number of nitrogens with zero attached hydrogens (tertiary/aromatic N) is 1. The van der Waals surface area contributed by atoms with Gasteiger partial charge in [-0.15, -0.1) is 0 Å². The fraction of sp³-hybridized carbons (Fsp3) is 0.615. The van der Waals surface area contributed by atoms with Gasteiger partial charge in [0.05, 0.1) is 13.7 Å². The second kappa shape index (κ2) is 5.98. The first-order valence-corrected chi connectivity index (χ1v) is 6.12. The molecule has 2 atom stereocenters. The highest BCUT2D eigenvalue weighted by molar-refractivity contribution is 5.18. The fourth-order valence-electron chi connectivity index (χ4n) is 2.19. The van der Waals surface area contributed by atoms with E-state index < -0.39 is 0 Å². The Morgan fingerprint density at radius 1 is 1.59 bits per heavy atom. The zero-order valence-corrected chi connectivity index (χ0v) is 10.3. The lowest BCUT2D eigenvalue weighted by molar-refractivity contribution is 0.0450. The van der Waals surface area contributed by atoms with Gasteiger partial charge in [-0.1, -0.05) is 6.07 Å². The minimum absolute atomic E-state index is 0.158. The Labute approximate surface area is 102 Å². The lowest BCUT2D eigenvalue weighted by atomic mass is 9.90. The molecule has 1 aromatic heterocycles. The van der Waals surface area contributed by atoms with Crippen molar-refractivity contribution >= 4 is 0 Å². The Morgan fingerprint density at radius 3 is 3.06 bits per heavy atom. The number of hydrogen-bond donors (Lipinski definition) is 1. The van der Waals surface area contributed by atoms with Gasteiger partial charge in [-0.2, -0.15) is 0 Å². The molecule has 4 nitrogen and oxygen atoms in total. The topological polar surface area (TPSA) is 57.4 Å². The summed E-state index contributed by atoms with van der Waals surface area (Å²) in [5, 5.41) is 0. The summed E-state index contributed by atoms with van der Waals surface area (Å²) < 4.78 is 10.5. The van der Waals surface area contributed by atoms with Gasteiger partial charge in [0.2, 0.25) is 5.88 Å². The molecule has 1 aromatic rings. The summed E-state index contributed by atoms with van der Waals surface area (Å²) in [4.78, 5) is 4.19. The third-order valence-corrected chi connectivity index (χ3v) is 3.28. The van der Waals surface area contributed by atoms with Crippen LogP contribution in [0.25, 0.3) is 0 Å². The first kappa shape index (κ1) is 12.3. The molecule has 1 aliphatic heterocycles. The zero-order chi connectivity index (χ0) is 12.1. The van der Waals surface area contributed by atoms with Gasteiger partial charge in [0.1, 0.15) is 0 Å². The molecule has 0 radical (unpaired) electrons. The molecule has 4 heteroatoms. The van der Waals surface area contributed by atoms with Gasteiger partial charge in [-0.3, -0.25) is 0 Å². The molecule has 1 aliphatic rings. The van der Waals surface area contributed by atoms with Crippen molar-refractivity contribution in [2.75, 3.05) is 20.3 Å². The number of hydrogen-bond acceptors (Lipinski definition) is 4. The average molecular weight is 236 g/mol. The van der Waals surface area contributed by atoms with E-state index in [0.717, 1.165) is 31.6 Å². The minimum Gasteiger partial charge on any atom is -0.481 e. The molecule has 2 unspecified atom stereocenters. The molecule has 0 saturated carbocycles. The molecule has 2 heterocycles. The van der Waals surface area contributed by atoms with Crippen molar-refractivity contribution in [3.8, 4) is 5.88 Å². The molecular weight excluding hydrogens is 216 g/mol. The third kappa shape index (κ3) is 3.41. The van der Waals surface area contributed by atoms with Crippen LogP contribution in [0.5, 0.6) is 5.88 Å². The van der Waals surface area contributed by atoms with E-state index in [0.29, 0.717) is 11.8 Å². The van der Waals surface area contributed by atoms with Crippen LogP contribution in [0.4, 0.5) is 0 Å². The van der Waals surface area contributed by atoms with Gasteiger partial charge in [0.15, 0.2) is 0 Å². The van der Waals surface area contributed by atoms with Crippen LogP contribution in [0, 0.1) is 5.92 Å². The predicted octanol–water partition coefficient (Wildman–Crippen LogP) is 1.39. The van der Waals surface area contributed by atoms with E-state index in [2.05, 4.69) is 4.98 Å². The van der Waals surface area contributed by atoms with Crippen LogP contribution in [0.1, 0.15) is 18.4 Å². The number of pyridine rings is 1. The quantitative estimate of drug-likeness (QED) is 0.858. The molecule has 2 rings (SSSR count). The Kier molecular flexibility index (Phi) is 4.34. The number of ether oxygens (including phenoxy) is 2. The Bertz CT molecular complexity index is 334. The van der Waals surface area contributed by atoms with Crippen molar-refractivity contribution in [1.29, 1.82) is 0 Å². The van der Waals surface area contributed by atoms with E-state index in [9.17, 15) is 0 Å². The highest BCUT2D eigenvalue weighted by Gasteiger charge is 2.21. The smallest absolute Gasteiger partial charge is 0.212 e. The van der Waals surface area contributed by atoms with E-state index in [1.165, 1.54) is 6.42 Å². The Hall–Kier alpha value is -1.13. The second-order valence-corrected chi connectivity index (χ2v) is 4.55. The number of aromatic nitrogens is 1. The van der Waals surface area contributed by atoms with Gasteiger partial charge in [-0.25, -0.2) is 4.98 Å². The van der Waals surface area contributed by atoms with Gasteiger partial charge < -0.3 is 15.2 Å². The maximum absolute atomic E-state index is 6.21. The van der Waals surface area contributed by atoms with Crippen LogP contribution in [-0.4, -0.2) is 31.3 Å². The van der Waals surface area contributed by atoms with E-state index >= 15 is 0 Å². The van der Waals surface area contributed by atoms with Gasteiger partial charge >= 0.3 is 0 Å². The summed E-state index contributed by atoms with van der Waals surface area (Å²) >= 11 is 0. The standard InChI is InChI=1S/C13H20N2O2/c1-16-13-5-4-10(8-15-13)7-12(14)11-3-2-6-17-9-11/h4-5,8,11-12H,2-3,6-7,9,14H2,1H3. The van der Waals surface area contributed by atoms with Crippen molar-refractivity contribution in [3.05, 3.63) is 23.9 Å². The molecule has 0 aliphatic carbocycles. The second-order valence-electron chi connectivity index (χ2n) is 4.55. The summed E-state index contributed by atoms with van der Waals surface area (Å²) in [5.41, 5.74) is 7.37. The average Bonchev–Trinajstić information content (AvgIpc) is 2.40. The molecule has 0 bridgehead atoms. The summed E-state index contributed by atoms with van der Waals surface area (Å²) in [5.74, 6) is 1.12. The molecule has 1 saturated heterocycles. The highest BCUT2D eigenvalue weighted by Crippen LogP contribution is 2.19. The van der Waals surface area contributed by atoms with Crippen molar-refractivity contribution in [2.45, 2.75) is 25.3 Å².